The monoisotopic (exact) mass is 452 g/mol. The SMILES string of the molecule is CCOC(=O)Oc1ccc(C(=O)Nc2cccc(CNC(=O)c3ccccc3Cl)c2)cc1. The van der Waals surface area contributed by atoms with Crippen LogP contribution in [0.25, 0.3) is 0 Å². The Hall–Kier alpha value is -3.84. The molecule has 7 nitrogen and oxygen atoms in total. The maximum atomic E-state index is 12.5. The topological polar surface area (TPSA) is 93.7 Å². The molecule has 0 unspecified atom stereocenters. The van der Waals surface area contributed by atoms with Gasteiger partial charge in [-0.1, -0.05) is 35.9 Å². The number of hydrogen-bond donors (Lipinski definition) is 2. The predicted molar refractivity (Wildman–Crippen MR) is 121 cm³/mol. The summed E-state index contributed by atoms with van der Waals surface area (Å²) >= 11 is 6.05. The molecule has 2 N–H and O–H groups in total. The minimum absolute atomic E-state index is 0.210. The molecule has 3 aromatic carbocycles. The van der Waals surface area contributed by atoms with E-state index in [0.29, 0.717) is 21.8 Å². The van der Waals surface area contributed by atoms with Crippen molar-refractivity contribution in [1.29, 1.82) is 0 Å². The standard InChI is InChI=1S/C24H21ClN2O5/c1-2-31-24(30)32-19-12-10-17(11-13-19)22(28)27-18-7-5-6-16(14-18)15-26-23(29)20-8-3-4-9-21(20)25/h3-14H,2,15H2,1H3,(H,26,29)(H,27,28). The second-order valence-corrected chi connectivity index (χ2v) is 7.03. The summed E-state index contributed by atoms with van der Waals surface area (Å²) in [6.45, 7) is 2.16. The average Bonchev–Trinajstić information content (AvgIpc) is 2.78. The van der Waals surface area contributed by atoms with Crippen LogP contribution in [0.4, 0.5) is 10.5 Å². The number of rotatable bonds is 7. The lowest BCUT2D eigenvalue weighted by molar-refractivity contribution is 0.0949. The third-order valence-corrected chi connectivity index (χ3v) is 4.67. The van der Waals surface area contributed by atoms with Crippen LogP contribution in [0.15, 0.2) is 72.8 Å². The highest BCUT2D eigenvalue weighted by Crippen LogP contribution is 2.17. The molecule has 2 amide bonds. The highest BCUT2D eigenvalue weighted by molar-refractivity contribution is 6.33. The molecule has 164 valence electrons. The van der Waals surface area contributed by atoms with Gasteiger partial charge in [-0.3, -0.25) is 9.59 Å². The van der Waals surface area contributed by atoms with Gasteiger partial charge in [0.15, 0.2) is 0 Å². The first kappa shape index (κ1) is 22.8. The number of hydrogen-bond acceptors (Lipinski definition) is 5. The fraction of sp³-hybridized carbons (Fsp3) is 0.125. The number of nitrogens with one attached hydrogen (secondary N) is 2. The van der Waals surface area contributed by atoms with Gasteiger partial charge in [0.25, 0.3) is 11.8 Å². The van der Waals surface area contributed by atoms with E-state index in [1.165, 1.54) is 24.3 Å². The van der Waals surface area contributed by atoms with Crippen molar-refractivity contribution in [3.8, 4) is 5.75 Å². The number of amides is 2. The zero-order chi connectivity index (χ0) is 22.9. The summed E-state index contributed by atoms with van der Waals surface area (Å²) in [5.74, 6) is -0.337. The Morgan fingerprint density at radius 3 is 2.38 bits per heavy atom. The van der Waals surface area contributed by atoms with Gasteiger partial charge in [0.05, 0.1) is 17.2 Å². The van der Waals surface area contributed by atoms with E-state index in [2.05, 4.69) is 10.6 Å². The molecule has 0 spiro atoms. The Bertz CT molecular complexity index is 1120. The first-order valence-corrected chi connectivity index (χ1v) is 10.2. The van der Waals surface area contributed by atoms with Crippen LogP contribution in [-0.4, -0.2) is 24.6 Å². The molecule has 0 aromatic heterocycles. The average molecular weight is 453 g/mol. The number of carbonyl (C=O) groups is 3. The van der Waals surface area contributed by atoms with E-state index in [4.69, 9.17) is 21.1 Å². The maximum Gasteiger partial charge on any atom is 0.513 e. The van der Waals surface area contributed by atoms with Crippen LogP contribution in [0, 0.1) is 0 Å². The molecule has 0 aliphatic carbocycles. The summed E-state index contributed by atoms with van der Waals surface area (Å²) in [7, 11) is 0. The minimum atomic E-state index is -0.803. The van der Waals surface area contributed by atoms with Gasteiger partial charge in [-0.25, -0.2) is 4.79 Å². The highest BCUT2D eigenvalue weighted by atomic mass is 35.5. The first-order chi connectivity index (χ1) is 15.5. The first-order valence-electron chi connectivity index (χ1n) is 9.84. The van der Waals surface area contributed by atoms with Gasteiger partial charge in [-0.15, -0.1) is 0 Å². The fourth-order valence-electron chi connectivity index (χ4n) is 2.80. The van der Waals surface area contributed by atoms with Crippen LogP contribution in [0.2, 0.25) is 5.02 Å². The molecule has 0 aliphatic heterocycles. The molecule has 0 heterocycles. The Morgan fingerprint density at radius 2 is 1.66 bits per heavy atom. The van der Waals surface area contributed by atoms with Gasteiger partial charge in [-0.05, 0) is 61.0 Å². The highest BCUT2D eigenvalue weighted by Gasteiger charge is 2.11. The minimum Gasteiger partial charge on any atom is -0.434 e. The molecule has 0 fully saturated rings. The van der Waals surface area contributed by atoms with Crippen LogP contribution >= 0.6 is 11.6 Å². The Kier molecular flexibility index (Phi) is 7.83. The Labute approximate surface area is 190 Å². The summed E-state index contributed by atoms with van der Waals surface area (Å²) < 4.78 is 9.68. The van der Waals surface area contributed by atoms with Crippen molar-refractivity contribution in [2.45, 2.75) is 13.5 Å². The molecule has 0 aliphatic rings. The van der Waals surface area contributed by atoms with E-state index < -0.39 is 6.16 Å². The molecule has 0 bridgehead atoms. The zero-order valence-electron chi connectivity index (χ0n) is 17.3. The van der Waals surface area contributed by atoms with E-state index in [0.717, 1.165) is 5.56 Å². The Morgan fingerprint density at radius 1 is 0.906 bits per heavy atom. The number of anilines is 1. The second-order valence-electron chi connectivity index (χ2n) is 6.63. The van der Waals surface area contributed by atoms with Gasteiger partial charge in [-0.2, -0.15) is 0 Å². The van der Waals surface area contributed by atoms with Crippen molar-refractivity contribution in [3.63, 3.8) is 0 Å². The molecule has 0 saturated heterocycles. The van der Waals surface area contributed by atoms with E-state index in [9.17, 15) is 14.4 Å². The van der Waals surface area contributed by atoms with Crippen LogP contribution in [0.5, 0.6) is 5.75 Å². The Balaban J connectivity index is 1.58. The molecular weight excluding hydrogens is 432 g/mol. The molecule has 8 heteroatoms. The lowest BCUT2D eigenvalue weighted by Gasteiger charge is -2.10. The third kappa shape index (κ3) is 6.33. The van der Waals surface area contributed by atoms with Gasteiger partial charge in [0.1, 0.15) is 5.75 Å². The van der Waals surface area contributed by atoms with Crippen LogP contribution in [-0.2, 0) is 11.3 Å². The van der Waals surface area contributed by atoms with Crippen molar-refractivity contribution < 1.29 is 23.9 Å². The maximum absolute atomic E-state index is 12.5. The molecule has 3 aromatic rings. The van der Waals surface area contributed by atoms with Crippen LogP contribution in [0.3, 0.4) is 0 Å². The van der Waals surface area contributed by atoms with E-state index >= 15 is 0 Å². The van der Waals surface area contributed by atoms with Crippen LogP contribution in [0.1, 0.15) is 33.2 Å². The number of benzene rings is 3. The number of ether oxygens (including phenoxy) is 2. The molecule has 32 heavy (non-hydrogen) atoms. The summed E-state index contributed by atoms with van der Waals surface area (Å²) in [6.07, 6.45) is -0.803. The summed E-state index contributed by atoms with van der Waals surface area (Å²) in [4.78, 5) is 36.2. The molecular formula is C24H21ClN2O5. The normalized spacial score (nSPS) is 10.2. The summed E-state index contributed by atoms with van der Waals surface area (Å²) in [6, 6.07) is 20.0. The molecule has 0 saturated carbocycles. The van der Waals surface area contributed by atoms with Gasteiger partial charge in [0, 0.05) is 17.8 Å². The third-order valence-electron chi connectivity index (χ3n) is 4.34. The van der Waals surface area contributed by atoms with Crippen molar-refractivity contribution in [3.05, 3.63) is 94.5 Å². The quantitative estimate of drug-likeness (QED) is 0.386. The van der Waals surface area contributed by atoms with Crippen molar-refractivity contribution in [1.82, 2.24) is 5.32 Å². The van der Waals surface area contributed by atoms with Crippen molar-refractivity contribution >= 4 is 35.3 Å². The lowest BCUT2D eigenvalue weighted by atomic mass is 10.1. The number of carbonyl (C=O) groups excluding carboxylic acids is 3. The summed E-state index contributed by atoms with van der Waals surface area (Å²) in [5, 5.41) is 5.99. The van der Waals surface area contributed by atoms with Crippen molar-refractivity contribution in [2.24, 2.45) is 0 Å². The molecule has 0 atom stereocenters. The smallest absolute Gasteiger partial charge is 0.434 e. The number of halogens is 1. The fourth-order valence-corrected chi connectivity index (χ4v) is 3.02. The lowest BCUT2D eigenvalue weighted by Crippen LogP contribution is -2.23. The predicted octanol–water partition coefficient (Wildman–Crippen LogP) is 5.06. The van der Waals surface area contributed by atoms with Gasteiger partial charge < -0.3 is 20.1 Å². The van der Waals surface area contributed by atoms with Gasteiger partial charge in [0.2, 0.25) is 0 Å². The van der Waals surface area contributed by atoms with E-state index in [1.807, 2.05) is 6.07 Å². The van der Waals surface area contributed by atoms with E-state index in [-0.39, 0.29) is 30.7 Å². The molecule has 0 radical (unpaired) electrons. The zero-order valence-corrected chi connectivity index (χ0v) is 18.0. The van der Waals surface area contributed by atoms with E-state index in [1.54, 1.807) is 49.4 Å². The van der Waals surface area contributed by atoms with Gasteiger partial charge >= 0.3 is 6.16 Å². The largest absolute Gasteiger partial charge is 0.513 e. The van der Waals surface area contributed by atoms with Crippen molar-refractivity contribution in [2.75, 3.05) is 11.9 Å². The molecule has 3 rings (SSSR count). The van der Waals surface area contributed by atoms with Crippen LogP contribution < -0.4 is 15.4 Å². The second kappa shape index (κ2) is 11.0. The summed E-state index contributed by atoms with van der Waals surface area (Å²) in [5.41, 5.74) is 2.17.